The van der Waals surface area contributed by atoms with E-state index in [1.807, 2.05) is 12.1 Å². The van der Waals surface area contributed by atoms with Crippen LogP contribution < -0.4 is 4.57 Å². The van der Waals surface area contributed by atoms with E-state index in [0.717, 1.165) is 22.3 Å². The number of para-hydroxylation sites is 1. The van der Waals surface area contributed by atoms with E-state index in [9.17, 15) is 4.39 Å². The standard InChI is InChI=1S/C27H27FN/c1-18(2)22-15-14-21(28)16-25(22)27-17-24(20-10-6-5-7-11-20)23-12-8-9-13-26(23)29(27)19(3)4/h5-19H,1-4H3/q+1. The first-order valence-corrected chi connectivity index (χ1v) is 10.3. The van der Waals surface area contributed by atoms with E-state index in [1.165, 1.54) is 16.5 Å². The Morgan fingerprint density at radius 3 is 2.10 bits per heavy atom. The summed E-state index contributed by atoms with van der Waals surface area (Å²) in [5.41, 5.74) is 6.70. The van der Waals surface area contributed by atoms with Gasteiger partial charge in [0.15, 0.2) is 6.04 Å². The number of fused-ring (bicyclic) bond motifs is 1. The average Bonchev–Trinajstić information content (AvgIpc) is 2.72. The largest absolute Gasteiger partial charge is 0.214 e. The highest BCUT2D eigenvalue weighted by Gasteiger charge is 2.26. The predicted octanol–water partition coefficient (Wildman–Crippen LogP) is 7.30. The van der Waals surface area contributed by atoms with Crippen LogP contribution >= 0.6 is 0 Å². The lowest BCUT2D eigenvalue weighted by Crippen LogP contribution is -2.40. The van der Waals surface area contributed by atoms with Crippen molar-refractivity contribution >= 4 is 10.9 Å². The molecule has 146 valence electrons. The summed E-state index contributed by atoms with van der Waals surface area (Å²) in [7, 11) is 0. The lowest BCUT2D eigenvalue weighted by molar-refractivity contribution is -0.680. The topological polar surface area (TPSA) is 3.88 Å². The minimum atomic E-state index is -0.200. The fourth-order valence-electron chi connectivity index (χ4n) is 4.20. The quantitative estimate of drug-likeness (QED) is 0.325. The molecule has 0 amide bonds. The van der Waals surface area contributed by atoms with E-state index in [4.69, 9.17) is 0 Å². The van der Waals surface area contributed by atoms with Gasteiger partial charge in [-0.15, -0.1) is 0 Å². The number of halogens is 1. The SMILES string of the molecule is CC(C)c1ccc(F)cc1-c1cc(-c2ccccc2)c2ccccc2[n+]1C(C)C. The summed E-state index contributed by atoms with van der Waals surface area (Å²) < 4.78 is 16.7. The number of benzene rings is 3. The highest BCUT2D eigenvalue weighted by atomic mass is 19.1. The van der Waals surface area contributed by atoms with Gasteiger partial charge < -0.3 is 0 Å². The number of aromatic nitrogens is 1. The first-order valence-electron chi connectivity index (χ1n) is 10.3. The van der Waals surface area contributed by atoms with E-state index in [1.54, 1.807) is 12.1 Å². The molecule has 4 aromatic rings. The molecule has 0 saturated heterocycles. The van der Waals surface area contributed by atoms with Crippen LogP contribution in [0.1, 0.15) is 45.2 Å². The first kappa shape index (κ1) is 19.3. The molecule has 1 aromatic heterocycles. The number of nitrogens with zero attached hydrogens (tertiary/aromatic N) is 1. The van der Waals surface area contributed by atoms with Gasteiger partial charge in [-0.1, -0.05) is 62.4 Å². The van der Waals surface area contributed by atoms with Crippen molar-refractivity contribution in [3.05, 3.63) is 90.2 Å². The summed E-state index contributed by atoms with van der Waals surface area (Å²) in [6.45, 7) is 8.70. The Morgan fingerprint density at radius 1 is 0.724 bits per heavy atom. The number of hydrogen-bond acceptors (Lipinski definition) is 0. The molecule has 0 atom stereocenters. The van der Waals surface area contributed by atoms with E-state index >= 15 is 0 Å². The molecule has 0 aliphatic carbocycles. The molecule has 0 saturated carbocycles. The van der Waals surface area contributed by atoms with Crippen LogP contribution in [0, 0.1) is 5.82 Å². The number of rotatable bonds is 4. The Kier molecular flexibility index (Phi) is 5.19. The van der Waals surface area contributed by atoms with Gasteiger partial charge in [0.1, 0.15) is 5.82 Å². The fourth-order valence-corrected chi connectivity index (χ4v) is 4.20. The fraction of sp³-hybridized carbons (Fsp3) is 0.222. The van der Waals surface area contributed by atoms with Gasteiger partial charge in [-0.25, -0.2) is 4.39 Å². The molecular weight excluding hydrogens is 357 g/mol. The second-order valence-electron chi connectivity index (χ2n) is 8.18. The highest BCUT2D eigenvalue weighted by Crippen LogP contribution is 2.35. The van der Waals surface area contributed by atoms with Crippen LogP contribution in [0.2, 0.25) is 0 Å². The molecule has 0 fully saturated rings. The van der Waals surface area contributed by atoms with Gasteiger partial charge in [0, 0.05) is 17.7 Å². The third-order valence-electron chi connectivity index (χ3n) is 5.51. The number of hydrogen-bond donors (Lipinski definition) is 0. The van der Waals surface area contributed by atoms with Gasteiger partial charge in [-0.05, 0) is 49.1 Å². The molecule has 29 heavy (non-hydrogen) atoms. The zero-order chi connectivity index (χ0) is 20.5. The summed E-state index contributed by atoms with van der Waals surface area (Å²) in [5, 5.41) is 1.21. The van der Waals surface area contributed by atoms with Crippen LogP contribution in [-0.2, 0) is 0 Å². The summed E-state index contributed by atoms with van der Waals surface area (Å²) in [6, 6.07) is 26.6. The van der Waals surface area contributed by atoms with Crippen molar-refractivity contribution < 1.29 is 8.96 Å². The summed E-state index contributed by atoms with van der Waals surface area (Å²) in [5.74, 6) is 0.104. The van der Waals surface area contributed by atoms with Crippen LogP contribution in [0.5, 0.6) is 0 Å². The van der Waals surface area contributed by atoms with Crippen molar-refractivity contribution in [3.8, 4) is 22.4 Å². The van der Waals surface area contributed by atoms with Crippen LogP contribution in [0.15, 0.2) is 78.9 Å². The molecule has 0 spiro atoms. The summed E-state index contributed by atoms with van der Waals surface area (Å²) in [4.78, 5) is 0. The molecule has 0 unspecified atom stereocenters. The van der Waals surface area contributed by atoms with Crippen LogP contribution in [0.25, 0.3) is 33.3 Å². The van der Waals surface area contributed by atoms with Gasteiger partial charge in [-0.2, -0.15) is 4.57 Å². The Morgan fingerprint density at radius 2 is 1.41 bits per heavy atom. The van der Waals surface area contributed by atoms with Crippen molar-refractivity contribution in [2.45, 2.75) is 39.7 Å². The van der Waals surface area contributed by atoms with Gasteiger partial charge in [0.25, 0.3) is 0 Å². The maximum absolute atomic E-state index is 14.4. The maximum atomic E-state index is 14.4. The van der Waals surface area contributed by atoms with Crippen molar-refractivity contribution in [1.29, 1.82) is 0 Å². The van der Waals surface area contributed by atoms with Crippen LogP contribution in [0.4, 0.5) is 4.39 Å². The molecule has 3 aromatic carbocycles. The van der Waals surface area contributed by atoms with E-state index < -0.39 is 0 Å². The third kappa shape index (κ3) is 3.55. The van der Waals surface area contributed by atoms with E-state index in [2.05, 4.69) is 86.9 Å². The van der Waals surface area contributed by atoms with Crippen molar-refractivity contribution in [1.82, 2.24) is 0 Å². The third-order valence-corrected chi connectivity index (χ3v) is 5.51. The molecule has 1 heterocycles. The first-order chi connectivity index (χ1) is 14.0. The lowest BCUT2D eigenvalue weighted by Gasteiger charge is -2.17. The molecule has 1 nitrogen and oxygen atoms in total. The van der Waals surface area contributed by atoms with Crippen molar-refractivity contribution in [3.63, 3.8) is 0 Å². The van der Waals surface area contributed by atoms with Crippen molar-refractivity contribution in [2.75, 3.05) is 0 Å². The average molecular weight is 385 g/mol. The highest BCUT2D eigenvalue weighted by molar-refractivity contribution is 5.94. The molecule has 4 rings (SSSR count). The van der Waals surface area contributed by atoms with Gasteiger partial charge in [0.05, 0.1) is 10.9 Å². The predicted molar refractivity (Wildman–Crippen MR) is 119 cm³/mol. The Balaban J connectivity index is 2.15. The maximum Gasteiger partial charge on any atom is 0.214 e. The Bertz CT molecular complexity index is 1160. The van der Waals surface area contributed by atoms with Crippen LogP contribution in [-0.4, -0.2) is 0 Å². The van der Waals surface area contributed by atoms with Crippen molar-refractivity contribution in [2.24, 2.45) is 0 Å². The monoisotopic (exact) mass is 384 g/mol. The molecule has 0 bridgehead atoms. The van der Waals surface area contributed by atoms with E-state index in [-0.39, 0.29) is 11.9 Å². The van der Waals surface area contributed by atoms with Gasteiger partial charge in [0.2, 0.25) is 11.2 Å². The van der Waals surface area contributed by atoms with Crippen LogP contribution in [0.3, 0.4) is 0 Å². The minimum Gasteiger partial charge on any atom is -0.207 e. The second kappa shape index (κ2) is 7.79. The molecule has 0 N–H and O–H groups in total. The molecular formula is C27H27FN+. The zero-order valence-corrected chi connectivity index (χ0v) is 17.5. The van der Waals surface area contributed by atoms with E-state index in [0.29, 0.717) is 5.92 Å². The summed E-state index contributed by atoms with van der Waals surface area (Å²) >= 11 is 0. The van der Waals surface area contributed by atoms with Gasteiger partial charge in [-0.3, -0.25) is 0 Å². The minimum absolute atomic E-state index is 0.200. The zero-order valence-electron chi connectivity index (χ0n) is 17.5. The smallest absolute Gasteiger partial charge is 0.207 e. The molecule has 0 aliphatic rings. The second-order valence-corrected chi connectivity index (χ2v) is 8.18. The molecule has 2 heteroatoms. The molecule has 0 aliphatic heterocycles. The molecule has 0 radical (unpaired) electrons. The Labute approximate surface area is 172 Å². The number of pyridine rings is 1. The van der Waals surface area contributed by atoms with Gasteiger partial charge >= 0.3 is 0 Å². The summed E-state index contributed by atoms with van der Waals surface area (Å²) in [6.07, 6.45) is 0. The Hall–Kier alpha value is -3.00. The normalized spacial score (nSPS) is 11.6. The lowest BCUT2D eigenvalue weighted by atomic mass is 9.91.